The molecule has 0 saturated carbocycles. The van der Waals surface area contributed by atoms with Crippen molar-refractivity contribution in [3.63, 3.8) is 0 Å². The number of nitrogens with zero attached hydrogens (tertiary/aromatic N) is 1. The number of carbonyl (C=O) groups is 2. The predicted octanol–water partition coefficient (Wildman–Crippen LogP) is 2.64. The van der Waals surface area contributed by atoms with E-state index in [-0.39, 0.29) is 18.4 Å². The lowest BCUT2D eigenvalue weighted by Crippen LogP contribution is -2.39. The number of aliphatic carboxylic acids is 1. The van der Waals surface area contributed by atoms with Crippen LogP contribution in [0.1, 0.15) is 18.4 Å². The SMILES string of the molecule is O=C(O)C1CCN(C(=O)NCCCc2ccc(Br)cc2F)C1. The van der Waals surface area contributed by atoms with E-state index in [4.69, 9.17) is 5.11 Å². The van der Waals surface area contributed by atoms with Gasteiger partial charge in [0.1, 0.15) is 5.82 Å². The average Bonchev–Trinajstić information content (AvgIpc) is 2.95. The summed E-state index contributed by atoms with van der Waals surface area (Å²) >= 11 is 3.21. The van der Waals surface area contributed by atoms with E-state index in [1.807, 2.05) is 0 Å². The molecule has 2 N–H and O–H groups in total. The fraction of sp³-hybridized carbons (Fsp3) is 0.467. The number of likely N-dealkylation sites (tertiary alicyclic amines) is 1. The average molecular weight is 373 g/mol. The quantitative estimate of drug-likeness (QED) is 0.780. The molecule has 1 aliphatic rings. The molecule has 0 aromatic heterocycles. The lowest BCUT2D eigenvalue weighted by molar-refractivity contribution is -0.141. The molecule has 1 aromatic carbocycles. The smallest absolute Gasteiger partial charge is 0.317 e. The number of benzene rings is 1. The van der Waals surface area contributed by atoms with Gasteiger partial charge in [0, 0.05) is 24.1 Å². The number of carboxylic acid groups (broad SMARTS) is 1. The minimum absolute atomic E-state index is 0.250. The topological polar surface area (TPSA) is 69.6 Å². The molecule has 0 bridgehead atoms. The van der Waals surface area contributed by atoms with E-state index in [9.17, 15) is 14.0 Å². The molecule has 1 aliphatic heterocycles. The second kappa shape index (κ2) is 7.58. The molecule has 2 amide bonds. The Hall–Kier alpha value is -1.63. The van der Waals surface area contributed by atoms with Crippen LogP contribution in [0.5, 0.6) is 0 Å². The van der Waals surface area contributed by atoms with E-state index in [1.165, 1.54) is 11.0 Å². The lowest BCUT2D eigenvalue weighted by Gasteiger charge is -2.16. The van der Waals surface area contributed by atoms with Crippen LogP contribution in [-0.4, -0.2) is 41.6 Å². The highest BCUT2D eigenvalue weighted by Crippen LogP contribution is 2.17. The van der Waals surface area contributed by atoms with Crippen LogP contribution in [0.4, 0.5) is 9.18 Å². The highest BCUT2D eigenvalue weighted by molar-refractivity contribution is 9.10. The van der Waals surface area contributed by atoms with Crippen molar-refractivity contribution in [2.24, 2.45) is 5.92 Å². The molecule has 1 unspecified atom stereocenters. The Morgan fingerprint density at radius 2 is 2.23 bits per heavy atom. The van der Waals surface area contributed by atoms with Crippen LogP contribution in [0.2, 0.25) is 0 Å². The van der Waals surface area contributed by atoms with Crippen molar-refractivity contribution in [1.29, 1.82) is 0 Å². The molecule has 1 fully saturated rings. The molecule has 0 radical (unpaired) electrons. The normalized spacial score (nSPS) is 17.5. The summed E-state index contributed by atoms with van der Waals surface area (Å²) in [6, 6.07) is 4.68. The van der Waals surface area contributed by atoms with Gasteiger partial charge in [-0.15, -0.1) is 0 Å². The number of nitrogens with one attached hydrogen (secondary N) is 1. The summed E-state index contributed by atoms with van der Waals surface area (Å²) in [5.74, 6) is -1.59. The third kappa shape index (κ3) is 4.43. The van der Waals surface area contributed by atoms with E-state index in [0.29, 0.717) is 42.4 Å². The summed E-state index contributed by atoms with van der Waals surface area (Å²) in [5, 5.41) is 11.6. The van der Waals surface area contributed by atoms with Crippen LogP contribution in [0.25, 0.3) is 0 Å². The van der Waals surface area contributed by atoms with Crippen LogP contribution in [0.3, 0.4) is 0 Å². The summed E-state index contributed by atoms with van der Waals surface area (Å²) in [5.41, 5.74) is 0.615. The zero-order valence-electron chi connectivity index (χ0n) is 12.0. The third-order valence-electron chi connectivity index (χ3n) is 3.74. The number of hydrogen-bond donors (Lipinski definition) is 2. The fourth-order valence-electron chi connectivity index (χ4n) is 2.46. The van der Waals surface area contributed by atoms with Crippen molar-refractivity contribution in [2.45, 2.75) is 19.3 Å². The summed E-state index contributed by atoms with van der Waals surface area (Å²) in [4.78, 5) is 24.2. The van der Waals surface area contributed by atoms with E-state index in [0.717, 1.165) is 0 Å². The van der Waals surface area contributed by atoms with E-state index < -0.39 is 11.9 Å². The zero-order valence-corrected chi connectivity index (χ0v) is 13.6. The molecule has 0 spiro atoms. The van der Waals surface area contributed by atoms with Gasteiger partial charge in [0.2, 0.25) is 0 Å². The molecule has 22 heavy (non-hydrogen) atoms. The van der Waals surface area contributed by atoms with E-state index >= 15 is 0 Å². The van der Waals surface area contributed by atoms with Crippen LogP contribution in [0.15, 0.2) is 22.7 Å². The van der Waals surface area contributed by atoms with Gasteiger partial charge in [-0.25, -0.2) is 9.18 Å². The number of urea groups is 1. The monoisotopic (exact) mass is 372 g/mol. The molecule has 1 saturated heterocycles. The van der Waals surface area contributed by atoms with Gasteiger partial charge in [-0.1, -0.05) is 22.0 Å². The summed E-state index contributed by atoms with van der Waals surface area (Å²) in [7, 11) is 0. The van der Waals surface area contributed by atoms with E-state index in [2.05, 4.69) is 21.2 Å². The largest absolute Gasteiger partial charge is 0.481 e. The standard InChI is InChI=1S/C15H18BrFN2O3/c16-12-4-3-10(13(17)8-12)2-1-6-18-15(22)19-7-5-11(9-19)14(20)21/h3-4,8,11H,1-2,5-7,9H2,(H,18,22)(H,20,21). The van der Waals surface area contributed by atoms with Gasteiger partial charge in [0.05, 0.1) is 5.92 Å². The second-order valence-electron chi connectivity index (χ2n) is 5.34. The number of aryl methyl sites for hydroxylation is 1. The summed E-state index contributed by atoms with van der Waals surface area (Å²) in [6.07, 6.45) is 1.66. The Bertz CT molecular complexity index is 568. The van der Waals surface area contributed by atoms with Crippen molar-refractivity contribution < 1.29 is 19.1 Å². The van der Waals surface area contributed by atoms with Crippen LogP contribution < -0.4 is 5.32 Å². The first kappa shape index (κ1) is 16.7. The van der Waals surface area contributed by atoms with Gasteiger partial charge >= 0.3 is 12.0 Å². The maximum Gasteiger partial charge on any atom is 0.317 e. The maximum atomic E-state index is 13.6. The highest BCUT2D eigenvalue weighted by Gasteiger charge is 2.30. The van der Waals surface area contributed by atoms with Gasteiger partial charge in [-0.05, 0) is 37.0 Å². The Labute approximate surface area is 136 Å². The summed E-state index contributed by atoms with van der Waals surface area (Å²) < 4.78 is 14.3. The molecule has 2 rings (SSSR count). The Balaban J connectivity index is 1.70. The first-order chi connectivity index (χ1) is 10.5. The maximum absolute atomic E-state index is 13.6. The Morgan fingerprint density at radius 3 is 2.86 bits per heavy atom. The summed E-state index contributed by atoms with van der Waals surface area (Å²) in [6.45, 7) is 1.15. The predicted molar refractivity (Wildman–Crippen MR) is 83.1 cm³/mol. The van der Waals surface area contributed by atoms with Crippen molar-refractivity contribution in [1.82, 2.24) is 10.2 Å². The zero-order chi connectivity index (χ0) is 16.1. The van der Waals surface area contributed by atoms with Gasteiger partial charge in [-0.3, -0.25) is 4.79 Å². The third-order valence-corrected chi connectivity index (χ3v) is 4.23. The first-order valence-electron chi connectivity index (χ1n) is 7.17. The van der Waals surface area contributed by atoms with Gasteiger partial charge in [-0.2, -0.15) is 0 Å². The molecule has 1 aromatic rings. The van der Waals surface area contributed by atoms with Crippen LogP contribution >= 0.6 is 15.9 Å². The number of rotatable bonds is 5. The van der Waals surface area contributed by atoms with Crippen molar-refractivity contribution in [3.05, 3.63) is 34.1 Å². The van der Waals surface area contributed by atoms with Crippen LogP contribution in [-0.2, 0) is 11.2 Å². The van der Waals surface area contributed by atoms with Crippen molar-refractivity contribution in [3.8, 4) is 0 Å². The first-order valence-corrected chi connectivity index (χ1v) is 7.96. The highest BCUT2D eigenvalue weighted by atomic mass is 79.9. The Kier molecular flexibility index (Phi) is 5.76. The van der Waals surface area contributed by atoms with Crippen molar-refractivity contribution >= 4 is 27.9 Å². The minimum atomic E-state index is -0.860. The molecule has 1 atom stereocenters. The molecule has 0 aliphatic carbocycles. The van der Waals surface area contributed by atoms with Crippen LogP contribution in [0, 0.1) is 11.7 Å². The molecule has 7 heteroatoms. The number of halogens is 2. The molecule has 5 nitrogen and oxygen atoms in total. The molecule has 1 heterocycles. The molecular formula is C15H18BrFN2O3. The number of carboxylic acids is 1. The van der Waals surface area contributed by atoms with E-state index in [1.54, 1.807) is 12.1 Å². The second-order valence-corrected chi connectivity index (χ2v) is 6.26. The Morgan fingerprint density at radius 1 is 1.45 bits per heavy atom. The number of carbonyl (C=O) groups excluding carboxylic acids is 1. The number of amides is 2. The molecular weight excluding hydrogens is 355 g/mol. The number of hydrogen-bond acceptors (Lipinski definition) is 2. The minimum Gasteiger partial charge on any atom is -0.481 e. The van der Waals surface area contributed by atoms with Gasteiger partial charge in [0.25, 0.3) is 0 Å². The van der Waals surface area contributed by atoms with Gasteiger partial charge < -0.3 is 15.3 Å². The lowest BCUT2D eigenvalue weighted by atomic mass is 10.1. The van der Waals surface area contributed by atoms with Gasteiger partial charge in [0.15, 0.2) is 0 Å². The molecule has 120 valence electrons. The van der Waals surface area contributed by atoms with Crippen molar-refractivity contribution in [2.75, 3.05) is 19.6 Å². The fourth-order valence-corrected chi connectivity index (χ4v) is 2.79.